The molecule has 1 N–H and O–H groups in total. The molecule has 2 amide bonds. The summed E-state index contributed by atoms with van der Waals surface area (Å²) in [6.07, 6.45) is 5.80. The average Bonchev–Trinajstić information content (AvgIpc) is 3.32. The zero-order valence-corrected chi connectivity index (χ0v) is 23.9. The lowest BCUT2D eigenvalue weighted by Gasteiger charge is -2.41. The summed E-state index contributed by atoms with van der Waals surface area (Å²) in [5.74, 6) is 0.535. The molecule has 2 saturated heterocycles. The molecule has 0 aliphatic carbocycles. The minimum absolute atomic E-state index is 0.00330. The predicted molar refractivity (Wildman–Crippen MR) is 156 cm³/mol. The van der Waals surface area contributed by atoms with Gasteiger partial charge >= 0.3 is 0 Å². The quantitative estimate of drug-likeness (QED) is 0.470. The molecule has 0 bridgehead atoms. The lowest BCUT2D eigenvalue weighted by molar-refractivity contribution is -0.125. The molecule has 7 heteroatoms. The number of carbonyl (C=O) groups is 2. The highest BCUT2D eigenvalue weighted by molar-refractivity contribution is 5.98. The molecule has 2 fully saturated rings. The third-order valence-corrected chi connectivity index (χ3v) is 7.97. The van der Waals surface area contributed by atoms with E-state index in [2.05, 4.69) is 60.4 Å². The van der Waals surface area contributed by atoms with E-state index in [1.807, 2.05) is 54.1 Å². The molecule has 0 saturated carbocycles. The molecule has 0 radical (unpaired) electrons. The highest BCUT2D eigenvalue weighted by atomic mass is 16.2. The van der Waals surface area contributed by atoms with Crippen molar-refractivity contribution in [2.24, 2.45) is 18.4 Å². The van der Waals surface area contributed by atoms with Crippen LogP contribution < -0.4 is 5.32 Å². The van der Waals surface area contributed by atoms with Crippen LogP contribution in [0.15, 0.2) is 54.9 Å². The van der Waals surface area contributed by atoms with Gasteiger partial charge in [-0.15, -0.1) is 0 Å². The summed E-state index contributed by atoms with van der Waals surface area (Å²) < 4.78 is 1.82. The van der Waals surface area contributed by atoms with E-state index in [-0.39, 0.29) is 23.1 Å². The number of nitrogens with zero attached hydrogens (tertiary/aromatic N) is 4. The number of benzene rings is 2. The number of likely N-dealkylation sites (tertiary alicyclic amines) is 2. The Bertz CT molecular complexity index is 1320. The maximum Gasteiger partial charge on any atom is 0.253 e. The third kappa shape index (κ3) is 6.41. The summed E-state index contributed by atoms with van der Waals surface area (Å²) in [7, 11) is 1.93. The van der Waals surface area contributed by atoms with Crippen molar-refractivity contribution in [1.82, 2.24) is 19.6 Å². The first-order chi connectivity index (χ1) is 18.6. The van der Waals surface area contributed by atoms with Crippen LogP contribution in [0.2, 0.25) is 0 Å². The molecular weight excluding hydrogens is 486 g/mol. The highest BCUT2D eigenvalue weighted by Gasteiger charge is 2.34. The third-order valence-electron chi connectivity index (χ3n) is 7.97. The van der Waals surface area contributed by atoms with Crippen molar-refractivity contribution in [1.29, 1.82) is 0 Å². The first kappa shape index (κ1) is 27.1. The summed E-state index contributed by atoms with van der Waals surface area (Å²) in [6.45, 7) is 12.7. The van der Waals surface area contributed by atoms with Crippen LogP contribution in [0, 0.1) is 18.3 Å². The number of amides is 2. The zero-order valence-electron chi connectivity index (χ0n) is 23.9. The normalized spacial score (nSPS) is 17.2. The summed E-state index contributed by atoms with van der Waals surface area (Å²) in [5, 5.41) is 7.36. The molecule has 0 atom stereocenters. The zero-order chi connectivity index (χ0) is 27.7. The van der Waals surface area contributed by atoms with Crippen molar-refractivity contribution in [3.05, 3.63) is 71.5 Å². The van der Waals surface area contributed by atoms with Crippen LogP contribution in [0.5, 0.6) is 0 Å². The lowest BCUT2D eigenvalue weighted by atomic mass is 9.88. The largest absolute Gasteiger partial charge is 0.339 e. The van der Waals surface area contributed by atoms with E-state index < -0.39 is 0 Å². The Balaban J connectivity index is 1.15. The molecule has 2 aliphatic rings. The van der Waals surface area contributed by atoms with E-state index in [4.69, 9.17) is 0 Å². The van der Waals surface area contributed by atoms with Gasteiger partial charge in [0.15, 0.2) is 0 Å². The van der Waals surface area contributed by atoms with Gasteiger partial charge < -0.3 is 15.1 Å². The maximum atomic E-state index is 13.4. The van der Waals surface area contributed by atoms with Crippen LogP contribution in [0.3, 0.4) is 0 Å². The van der Waals surface area contributed by atoms with Gasteiger partial charge in [-0.2, -0.15) is 5.10 Å². The number of nitrogens with one attached hydrogen (secondary N) is 1. The lowest BCUT2D eigenvalue weighted by Crippen LogP contribution is -2.54. The predicted octanol–water partition coefficient (Wildman–Crippen LogP) is 5.33. The molecule has 0 unspecified atom stereocenters. The fraction of sp³-hybridized carbons (Fsp3) is 0.469. The van der Waals surface area contributed by atoms with Gasteiger partial charge in [-0.05, 0) is 59.9 Å². The second-order valence-electron chi connectivity index (χ2n) is 12.6. The second kappa shape index (κ2) is 11.0. The Kier molecular flexibility index (Phi) is 7.63. The minimum atomic E-state index is 0.00330. The topological polar surface area (TPSA) is 70.5 Å². The van der Waals surface area contributed by atoms with E-state index in [0.717, 1.165) is 62.4 Å². The number of aryl methyl sites for hydroxylation is 2. The molecule has 5 rings (SSSR count). The van der Waals surface area contributed by atoms with E-state index in [9.17, 15) is 9.59 Å². The average molecular weight is 528 g/mol. The van der Waals surface area contributed by atoms with Gasteiger partial charge in [0.2, 0.25) is 5.91 Å². The standard InChI is InChI=1S/C32H41N5O2/c1-22-6-7-26(16-29(22)34-30(38)28-19-36(20-28)21-32(2,3)4)31(39)37-14-12-25(13-15-37)23-8-10-24(11-9-23)27-17-33-35(5)18-27/h6-11,16-18,25,28H,12-15,19-21H2,1-5H3,(H,34,38). The van der Waals surface area contributed by atoms with Gasteiger partial charge in [-0.1, -0.05) is 51.1 Å². The summed E-state index contributed by atoms with van der Waals surface area (Å²) in [5.41, 5.74) is 6.19. The van der Waals surface area contributed by atoms with Crippen LogP contribution in [0.1, 0.15) is 61.0 Å². The van der Waals surface area contributed by atoms with Crippen molar-refractivity contribution >= 4 is 17.5 Å². The second-order valence-corrected chi connectivity index (χ2v) is 12.6. The summed E-state index contributed by atoms with van der Waals surface area (Å²) in [6, 6.07) is 14.4. The molecular formula is C32H41N5O2. The molecule has 39 heavy (non-hydrogen) atoms. The number of carbonyl (C=O) groups excluding carboxylic acids is 2. The number of hydrogen-bond acceptors (Lipinski definition) is 4. The van der Waals surface area contributed by atoms with Gasteiger partial charge in [-0.25, -0.2) is 0 Å². The van der Waals surface area contributed by atoms with Crippen LogP contribution in [0.4, 0.5) is 5.69 Å². The van der Waals surface area contributed by atoms with E-state index in [1.165, 1.54) is 11.1 Å². The monoisotopic (exact) mass is 527 g/mol. The molecule has 2 aromatic carbocycles. The number of rotatable bonds is 6. The number of piperidine rings is 1. The van der Waals surface area contributed by atoms with Crippen LogP contribution in [-0.4, -0.2) is 64.1 Å². The van der Waals surface area contributed by atoms with E-state index in [1.54, 1.807) is 0 Å². The highest BCUT2D eigenvalue weighted by Crippen LogP contribution is 2.31. The fourth-order valence-corrected chi connectivity index (χ4v) is 5.78. The number of aromatic nitrogens is 2. The number of hydrogen-bond donors (Lipinski definition) is 1. The smallest absolute Gasteiger partial charge is 0.253 e. The van der Waals surface area contributed by atoms with Gasteiger partial charge in [0.1, 0.15) is 0 Å². The van der Waals surface area contributed by atoms with Gasteiger partial charge in [-0.3, -0.25) is 14.3 Å². The maximum absolute atomic E-state index is 13.4. The van der Waals surface area contributed by atoms with Crippen LogP contribution in [0.25, 0.3) is 11.1 Å². The van der Waals surface area contributed by atoms with Crippen molar-refractivity contribution in [2.45, 2.75) is 46.5 Å². The Morgan fingerprint density at radius 3 is 2.31 bits per heavy atom. The van der Waals surface area contributed by atoms with Gasteiger partial charge in [0.25, 0.3) is 5.91 Å². The SMILES string of the molecule is Cc1ccc(C(=O)N2CCC(c3ccc(-c4cnn(C)c4)cc3)CC2)cc1NC(=O)C1CN(CC(C)(C)C)C1. The van der Waals surface area contributed by atoms with Crippen molar-refractivity contribution in [3.63, 3.8) is 0 Å². The molecule has 0 spiro atoms. The van der Waals surface area contributed by atoms with E-state index in [0.29, 0.717) is 11.5 Å². The number of anilines is 1. The van der Waals surface area contributed by atoms with Crippen LogP contribution in [-0.2, 0) is 11.8 Å². The first-order valence-electron chi connectivity index (χ1n) is 14.1. The van der Waals surface area contributed by atoms with Crippen LogP contribution >= 0.6 is 0 Å². The Labute approximate surface area is 232 Å². The van der Waals surface area contributed by atoms with Crippen molar-refractivity contribution in [3.8, 4) is 11.1 Å². The summed E-state index contributed by atoms with van der Waals surface area (Å²) in [4.78, 5) is 30.5. The molecule has 206 valence electrons. The van der Waals surface area contributed by atoms with Gasteiger partial charge in [0, 0.05) is 62.8 Å². The molecule has 7 nitrogen and oxygen atoms in total. The molecule has 3 aromatic rings. The Morgan fingerprint density at radius 2 is 1.69 bits per heavy atom. The van der Waals surface area contributed by atoms with Crippen molar-refractivity contribution in [2.75, 3.05) is 38.0 Å². The molecule has 3 heterocycles. The van der Waals surface area contributed by atoms with Gasteiger partial charge in [0.05, 0.1) is 12.1 Å². The molecule has 1 aromatic heterocycles. The Morgan fingerprint density at radius 1 is 1.00 bits per heavy atom. The minimum Gasteiger partial charge on any atom is -0.339 e. The summed E-state index contributed by atoms with van der Waals surface area (Å²) >= 11 is 0. The first-order valence-corrected chi connectivity index (χ1v) is 14.1. The fourth-order valence-electron chi connectivity index (χ4n) is 5.78. The van der Waals surface area contributed by atoms with E-state index >= 15 is 0 Å². The molecule has 2 aliphatic heterocycles. The van der Waals surface area contributed by atoms with Crippen molar-refractivity contribution < 1.29 is 9.59 Å². The Hall–Kier alpha value is -3.45.